The summed E-state index contributed by atoms with van der Waals surface area (Å²) in [6.07, 6.45) is 1.70. The highest BCUT2D eigenvalue weighted by Gasteiger charge is 2.11. The normalized spacial score (nSPS) is 10.5. The van der Waals surface area contributed by atoms with Gasteiger partial charge in [0.15, 0.2) is 5.16 Å². The van der Waals surface area contributed by atoms with Crippen LogP contribution in [0.25, 0.3) is 11.0 Å². The Labute approximate surface area is 126 Å². The Morgan fingerprint density at radius 3 is 2.95 bits per heavy atom. The minimum absolute atomic E-state index is 0.584. The lowest BCUT2D eigenvalue weighted by atomic mass is 10.2. The van der Waals surface area contributed by atoms with E-state index >= 15 is 0 Å². The van der Waals surface area contributed by atoms with Gasteiger partial charge in [0.1, 0.15) is 16.8 Å². The number of nitriles is 1. The van der Waals surface area contributed by atoms with Gasteiger partial charge < -0.3 is 9.72 Å². The first-order valence-corrected chi connectivity index (χ1v) is 7.10. The second-order valence-electron chi connectivity index (χ2n) is 4.45. The molecule has 6 heteroatoms. The van der Waals surface area contributed by atoms with E-state index in [1.165, 1.54) is 11.8 Å². The van der Waals surface area contributed by atoms with E-state index < -0.39 is 0 Å². The van der Waals surface area contributed by atoms with E-state index in [0.29, 0.717) is 15.7 Å². The first-order chi connectivity index (χ1) is 10.2. The van der Waals surface area contributed by atoms with Crippen LogP contribution in [-0.2, 0) is 0 Å². The average molecular weight is 296 g/mol. The van der Waals surface area contributed by atoms with Gasteiger partial charge in [-0.3, -0.25) is 0 Å². The van der Waals surface area contributed by atoms with E-state index in [9.17, 15) is 5.26 Å². The van der Waals surface area contributed by atoms with E-state index in [1.807, 2.05) is 31.2 Å². The SMILES string of the molecule is COc1ccc2nc(Sc3nccc(C)c3C#N)[nH]c2c1. The van der Waals surface area contributed by atoms with Crippen LogP contribution in [-0.4, -0.2) is 22.1 Å². The fraction of sp³-hybridized carbons (Fsp3) is 0.133. The number of nitrogens with zero attached hydrogens (tertiary/aromatic N) is 3. The van der Waals surface area contributed by atoms with Gasteiger partial charge in [-0.15, -0.1) is 0 Å². The molecule has 1 N–H and O–H groups in total. The third-order valence-corrected chi connectivity index (χ3v) is 3.99. The molecule has 3 aromatic rings. The molecule has 0 radical (unpaired) electrons. The highest BCUT2D eigenvalue weighted by molar-refractivity contribution is 7.99. The zero-order valence-corrected chi connectivity index (χ0v) is 12.4. The molecule has 0 spiro atoms. The zero-order valence-electron chi connectivity index (χ0n) is 11.5. The highest BCUT2D eigenvalue weighted by atomic mass is 32.2. The molecule has 0 fully saturated rings. The number of imidazole rings is 1. The summed E-state index contributed by atoms with van der Waals surface area (Å²) in [6, 6.07) is 9.66. The van der Waals surface area contributed by atoms with Gasteiger partial charge >= 0.3 is 0 Å². The molecule has 0 saturated carbocycles. The molecule has 0 aliphatic rings. The first kappa shape index (κ1) is 13.5. The number of pyridine rings is 1. The van der Waals surface area contributed by atoms with E-state index in [4.69, 9.17) is 4.74 Å². The highest BCUT2D eigenvalue weighted by Crippen LogP contribution is 2.30. The fourth-order valence-corrected chi connectivity index (χ4v) is 2.89. The number of aromatic nitrogens is 3. The minimum Gasteiger partial charge on any atom is -0.497 e. The predicted octanol–water partition coefficient (Wildman–Crippen LogP) is 3.30. The van der Waals surface area contributed by atoms with Crippen LogP contribution in [0.1, 0.15) is 11.1 Å². The predicted molar refractivity (Wildman–Crippen MR) is 80.5 cm³/mol. The first-order valence-electron chi connectivity index (χ1n) is 6.28. The maximum absolute atomic E-state index is 9.23. The quantitative estimate of drug-likeness (QED) is 0.802. The van der Waals surface area contributed by atoms with Crippen molar-refractivity contribution in [1.82, 2.24) is 15.0 Å². The van der Waals surface area contributed by atoms with E-state index in [2.05, 4.69) is 21.0 Å². The summed E-state index contributed by atoms with van der Waals surface area (Å²) in [4.78, 5) is 12.0. The summed E-state index contributed by atoms with van der Waals surface area (Å²) in [5.74, 6) is 0.772. The van der Waals surface area contributed by atoms with Crippen molar-refractivity contribution in [2.24, 2.45) is 0 Å². The van der Waals surface area contributed by atoms with Crippen molar-refractivity contribution in [3.05, 3.63) is 41.6 Å². The van der Waals surface area contributed by atoms with Crippen LogP contribution in [0.15, 0.2) is 40.6 Å². The molecular weight excluding hydrogens is 284 g/mol. The lowest BCUT2D eigenvalue weighted by molar-refractivity contribution is 0.415. The van der Waals surface area contributed by atoms with Crippen molar-refractivity contribution < 1.29 is 4.74 Å². The molecule has 0 saturated heterocycles. The number of nitrogens with one attached hydrogen (secondary N) is 1. The maximum Gasteiger partial charge on any atom is 0.172 e. The monoisotopic (exact) mass is 296 g/mol. The van der Waals surface area contributed by atoms with Crippen LogP contribution >= 0.6 is 11.8 Å². The van der Waals surface area contributed by atoms with Crippen molar-refractivity contribution in [2.45, 2.75) is 17.1 Å². The summed E-state index contributed by atoms with van der Waals surface area (Å²) in [5.41, 5.74) is 3.24. The molecule has 0 unspecified atom stereocenters. The third kappa shape index (κ3) is 2.56. The van der Waals surface area contributed by atoms with Crippen LogP contribution in [0.2, 0.25) is 0 Å². The number of rotatable bonds is 3. The molecule has 0 aliphatic carbocycles. The van der Waals surface area contributed by atoms with Crippen LogP contribution < -0.4 is 4.74 Å². The van der Waals surface area contributed by atoms with Crippen molar-refractivity contribution in [1.29, 1.82) is 5.26 Å². The van der Waals surface area contributed by atoms with E-state index in [1.54, 1.807) is 13.3 Å². The van der Waals surface area contributed by atoms with Crippen LogP contribution in [0.4, 0.5) is 0 Å². The number of fused-ring (bicyclic) bond motifs is 1. The number of aromatic amines is 1. The van der Waals surface area contributed by atoms with Gasteiger partial charge in [0.25, 0.3) is 0 Å². The van der Waals surface area contributed by atoms with Gasteiger partial charge in [-0.2, -0.15) is 5.26 Å². The molecule has 1 aromatic carbocycles. The zero-order chi connectivity index (χ0) is 14.8. The largest absolute Gasteiger partial charge is 0.497 e. The molecule has 104 valence electrons. The van der Waals surface area contributed by atoms with Crippen LogP contribution in [0.3, 0.4) is 0 Å². The van der Waals surface area contributed by atoms with Gasteiger partial charge in [-0.25, -0.2) is 9.97 Å². The molecule has 0 atom stereocenters. The van der Waals surface area contributed by atoms with Crippen LogP contribution in [0, 0.1) is 18.3 Å². The van der Waals surface area contributed by atoms with Crippen molar-refractivity contribution in [3.63, 3.8) is 0 Å². The summed E-state index contributed by atoms with van der Waals surface area (Å²) in [6.45, 7) is 1.90. The smallest absolute Gasteiger partial charge is 0.172 e. The fourth-order valence-electron chi connectivity index (χ4n) is 1.98. The Balaban J connectivity index is 1.99. The topological polar surface area (TPSA) is 74.6 Å². The van der Waals surface area contributed by atoms with Gasteiger partial charge in [0.05, 0.1) is 23.7 Å². The summed E-state index contributed by atoms with van der Waals surface area (Å²) in [7, 11) is 1.63. The van der Waals surface area contributed by atoms with Crippen molar-refractivity contribution in [2.75, 3.05) is 7.11 Å². The number of hydrogen-bond acceptors (Lipinski definition) is 5. The van der Waals surface area contributed by atoms with Crippen LogP contribution in [0.5, 0.6) is 5.75 Å². The Morgan fingerprint density at radius 2 is 2.19 bits per heavy atom. The molecular formula is C15H12N4OS. The maximum atomic E-state index is 9.23. The van der Waals surface area contributed by atoms with Gasteiger partial charge in [0.2, 0.25) is 0 Å². The third-order valence-electron chi connectivity index (χ3n) is 3.10. The number of hydrogen-bond donors (Lipinski definition) is 1. The molecule has 0 bridgehead atoms. The summed E-state index contributed by atoms with van der Waals surface area (Å²) in [5, 5.41) is 10.6. The summed E-state index contributed by atoms with van der Waals surface area (Å²) < 4.78 is 5.19. The Kier molecular flexibility index (Phi) is 3.50. The molecule has 2 heterocycles. The number of ether oxygens (including phenoxy) is 1. The van der Waals surface area contributed by atoms with Gasteiger partial charge in [-0.1, -0.05) is 0 Å². The molecule has 21 heavy (non-hydrogen) atoms. The number of methoxy groups -OCH3 is 1. The Bertz CT molecular complexity index is 850. The second kappa shape index (κ2) is 5.46. The number of H-pyrrole nitrogens is 1. The second-order valence-corrected chi connectivity index (χ2v) is 5.42. The minimum atomic E-state index is 0.584. The molecule has 2 aromatic heterocycles. The molecule has 0 amide bonds. The average Bonchev–Trinajstić information content (AvgIpc) is 2.88. The van der Waals surface area contributed by atoms with E-state index in [-0.39, 0.29) is 0 Å². The van der Waals surface area contributed by atoms with Gasteiger partial charge in [-0.05, 0) is 42.4 Å². The van der Waals surface area contributed by atoms with E-state index in [0.717, 1.165) is 22.3 Å². The standard InChI is InChI=1S/C15H12N4OS/c1-9-5-6-17-14(11(9)8-16)21-15-18-12-4-3-10(20-2)7-13(12)19-15/h3-7H,1-2H3,(H,18,19). The Morgan fingerprint density at radius 1 is 1.33 bits per heavy atom. The van der Waals surface area contributed by atoms with Crippen molar-refractivity contribution in [3.8, 4) is 11.8 Å². The van der Waals surface area contributed by atoms with Gasteiger partial charge in [0, 0.05) is 12.3 Å². The lowest BCUT2D eigenvalue weighted by Crippen LogP contribution is -1.90. The number of benzene rings is 1. The summed E-state index contributed by atoms with van der Waals surface area (Å²) >= 11 is 1.35. The van der Waals surface area contributed by atoms with Crippen molar-refractivity contribution >= 4 is 22.8 Å². The molecule has 0 aliphatic heterocycles. The Hall–Kier alpha value is -2.52. The lowest BCUT2D eigenvalue weighted by Gasteiger charge is -2.02. The molecule has 3 rings (SSSR count). The molecule has 5 nitrogen and oxygen atoms in total. The number of aryl methyl sites for hydroxylation is 1.